The monoisotopic (exact) mass is 281 g/mol. The van der Waals surface area contributed by atoms with Crippen LogP contribution in [0.1, 0.15) is 0 Å². The lowest BCUT2D eigenvalue weighted by atomic mass is 10.2. The number of hydrogen-bond donors (Lipinski definition) is 1. The van der Waals surface area contributed by atoms with Crippen molar-refractivity contribution in [3.05, 3.63) is 34.1 Å². The molecule has 1 aliphatic rings. The van der Waals surface area contributed by atoms with E-state index in [1.54, 1.807) is 11.3 Å². The topological polar surface area (TPSA) is 15.9 Å². The third-order valence-corrected chi connectivity index (χ3v) is 3.97. The molecular weight excluding hydrogens is 272 g/mol. The van der Waals surface area contributed by atoms with Crippen molar-refractivity contribution < 1.29 is 4.57 Å². The van der Waals surface area contributed by atoms with E-state index in [0.29, 0.717) is 0 Å². The third kappa shape index (κ3) is 1.58. The molecular formula is C11H10BrN2S+. The number of rotatable bonds is 1. The predicted molar refractivity (Wildman–Crippen MR) is 66.1 cm³/mol. The molecule has 2 aromatic rings. The van der Waals surface area contributed by atoms with E-state index >= 15 is 0 Å². The van der Waals surface area contributed by atoms with E-state index in [9.17, 15) is 0 Å². The Kier molecular flexibility index (Phi) is 2.25. The summed E-state index contributed by atoms with van der Waals surface area (Å²) in [5.41, 5.74) is 2.58. The smallest absolute Gasteiger partial charge is 0.261 e. The number of thiazole rings is 1. The Morgan fingerprint density at radius 2 is 2.33 bits per heavy atom. The van der Waals surface area contributed by atoms with Crippen LogP contribution >= 0.6 is 27.3 Å². The maximum Gasteiger partial charge on any atom is 0.334 e. The Morgan fingerprint density at radius 1 is 1.40 bits per heavy atom. The van der Waals surface area contributed by atoms with Crippen molar-refractivity contribution in [3.63, 3.8) is 0 Å². The largest absolute Gasteiger partial charge is 0.334 e. The maximum absolute atomic E-state index is 3.51. The highest BCUT2D eigenvalue weighted by Crippen LogP contribution is 2.26. The minimum absolute atomic E-state index is 1.05. The number of nitrogens with one attached hydrogen (secondary N) is 1. The van der Waals surface area contributed by atoms with Gasteiger partial charge in [0.25, 0.3) is 0 Å². The SMILES string of the molecule is Brc1cccc(-c2csc3[n+]2CCN3)c1. The second kappa shape index (κ2) is 3.61. The molecule has 0 bridgehead atoms. The summed E-state index contributed by atoms with van der Waals surface area (Å²) in [5, 5.41) is 6.85. The first-order chi connectivity index (χ1) is 7.34. The summed E-state index contributed by atoms with van der Waals surface area (Å²) < 4.78 is 3.47. The molecule has 0 unspecified atom stereocenters. The molecule has 2 nitrogen and oxygen atoms in total. The van der Waals surface area contributed by atoms with Gasteiger partial charge in [0.2, 0.25) is 0 Å². The van der Waals surface area contributed by atoms with E-state index in [1.807, 2.05) is 0 Å². The molecule has 4 heteroatoms. The third-order valence-electron chi connectivity index (χ3n) is 2.55. The number of fused-ring (bicyclic) bond motifs is 1. The molecule has 0 saturated heterocycles. The summed E-state index contributed by atoms with van der Waals surface area (Å²) in [6.45, 7) is 2.12. The van der Waals surface area contributed by atoms with Crippen LogP contribution in [-0.4, -0.2) is 6.54 Å². The Morgan fingerprint density at radius 3 is 3.20 bits per heavy atom. The molecule has 0 atom stereocenters. The summed E-state index contributed by atoms with van der Waals surface area (Å²) in [6, 6.07) is 8.44. The van der Waals surface area contributed by atoms with Gasteiger partial charge in [-0.05, 0) is 12.1 Å². The van der Waals surface area contributed by atoms with Crippen LogP contribution in [0.5, 0.6) is 0 Å². The Balaban J connectivity index is 2.13. The first-order valence-electron chi connectivity index (χ1n) is 4.86. The van der Waals surface area contributed by atoms with Gasteiger partial charge in [-0.25, -0.2) is 4.57 Å². The van der Waals surface area contributed by atoms with Crippen molar-refractivity contribution in [2.75, 3.05) is 11.9 Å². The second-order valence-corrected chi connectivity index (χ2v) is 5.29. The van der Waals surface area contributed by atoms with E-state index in [4.69, 9.17) is 0 Å². The zero-order valence-electron chi connectivity index (χ0n) is 8.03. The van der Waals surface area contributed by atoms with E-state index in [1.165, 1.54) is 16.4 Å². The lowest BCUT2D eigenvalue weighted by Gasteiger charge is -1.99. The Hall–Kier alpha value is -0.870. The second-order valence-electron chi connectivity index (χ2n) is 3.51. The van der Waals surface area contributed by atoms with Crippen LogP contribution in [-0.2, 0) is 6.54 Å². The lowest BCUT2D eigenvalue weighted by molar-refractivity contribution is -0.655. The molecule has 0 amide bonds. The van der Waals surface area contributed by atoms with Crippen LogP contribution in [0.15, 0.2) is 34.1 Å². The van der Waals surface area contributed by atoms with Gasteiger partial charge in [-0.15, -0.1) is 0 Å². The van der Waals surface area contributed by atoms with Crippen LogP contribution in [0, 0.1) is 0 Å². The van der Waals surface area contributed by atoms with Crippen molar-refractivity contribution in [1.82, 2.24) is 0 Å². The highest BCUT2D eigenvalue weighted by Gasteiger charge is 2.23. The molecule has 2 heterocycles. The summed E-state index contributed by atoms with van der Waals surface area (Å²) in [6.07, 6.45) is 0. The van der Waals surface area contributed by atoms with Gasteiger partial charge in [0.1, 0.15) is 18.8 Å². The first kappa shape index (κ1) is 9.36. The molecule has 0 spiro atoms. The maximum atomic E-state index is 3.51. The van der Waals surface area contributed by atoms with Gasteiger partial charge >= 0.3 is 5.13 Å². The van der Waals surface area contributed by atoms with E-state index in [2.05, 4.69) is 55.5 Å². The molecule has 0 aliphatic carbocycles. The van der Waals surface area contributed by atoms with Gasteiger partial charge in [-0.2, -0.15) is 0 Å². The van der Waals surface area contributed by atoms with Gasteiger partial charge < -0.3 is 0 Å². The van der Waals surface area contributed by atoms with Gasteiger partial charge in [0.15, 0.2) is 0 Å². The lowest BCUT2D eigenvalue weighted by Crippen LogP contribution is -2.30. The van der Waals surface area contributed by atoms with Crippen molar-refractivity contribution in [2.24, 2.45) is 0 Å². The van der Waals surface area contributed by atoms with Gasteiger partial charge in [-0.1, -0.05) is 39.4 Å². The normalized spacial score (nSPS) is 13.7. The van der Waals surface area contributed by atoms with Crippen LogP contribution in [0.4, 0.5) is 5.13 Å². The molecule has 0 radical (unpaired) electrons. The number of benzene rings is 1. The fraction of sp³-hybridized carbons (Fsp3) is 0.182. The first-order valence-corrected chi connectivity index (χ1v) is 6.53. The van der Waals surface area contributed by atoms with E-state index in [0.717, 1.165) is 17.6 Å². The molecule has 0 saturated carbocycles. The van der Waals surface area contributed by atoms with Crippen molar-refractivity contribution in [1.29, 1.82) is 0 Å². The average Bonchev–Trinajstić information content (AvgIpc) is 2.77. The van der Waals surface area contributed by atoms with Gasteiger partial charge in [0.05, 0.1) is 0 Å². The minimum atomic E-state index is 1.05. The summed E-state index contributed by atoms with van der Waals surface area (Å²) in [4.78, 5) is 0. The molecule has 1 aromatic carbocycles. The summed E-state index contributed by atoms with van der Waals surface area (Å²) in [7, 11) is 0. The summed E-state index contributed by atoms with van der Waals surface area (Å²) >= 11 is 5.28. The molecule has 1 aromatic heterocycles. The highest BCUT2D eigenvalue weighted by molar-refractivity contribution is 9.10. The number of halogens is 1. The quantitative estimate of drug-likeness (QED) is 0.795. The van der Waals surface area contributed by atoms with E-state index < -0.39 is 0 Å². The Labute approximate surface area is 101 Å². The van der Waals surface area contributed by atoms with Crippen LogP contribution < -0.4 is 9.88 Å². The summed E-state index contributed by atoms with van der Waals surface area (Å²) in [5.74, 6) is 0. The van der Waals surface area contributed by atoms with Gasteiger partial charge in [0, 0.05) is 15.4 Å². The predicted octanol–water partition coefficient (Wildman–Crippen LogP) is 2.89. The number of hydrogen-bond acceptors (Lipinski definition) is 2. The fourth-order valence-corrected chi connectivity index (χ4v) is 3.24. The molecule has 1 aliphatic heterocycles. The average molecular weight is 282 g/mol. The molecule has 0 fully saturated rings. The number of aromatic nitrogens is 1. The van der Waals surface area contributed by atoms with Crippen molar-refractivity contribution >= 4 is 32.4 Å². The van der Waals surface area contributed by atoms with Crippen LogP contribution in [0.25, 0.3) is 11.3 Å². The Bertz CT molecular complexity index is 507. The molecule has 1 N–H and O–H groups in total. The number of anilines is 1. The number of nitrogens with zero attached hydrogens (tertiary/aromatic N) is 1. The van der Waals surface area contributed by atoms with Crippen LogP contribution in [0.3, 0.4) is 0 Å². The standard InChI is InChI=1S/C11H9BrN2S/c12-9-3-1-2-8(6-9)10-7-15-11-13-4-5-14(10)11/h1-3,6-7H,4-5H2/p+1. The zero-order valence-corrected chi connectivity index (χ0v) is 10.4. The minimum Gasteiger partial charge on any atom is -0.261 e. The van der Waals surface area contributed by atoms with Crippen LogP contribution in [0.2, 0.25) is 0 Å². The van der Waals surface area contributed by atoms with Crippen molar-refractivity contribution in [2.45, 2.75) is 6.54 Å². The van der Waals surface area contributed by atoms with E-state index in [-0.39, 0.29) is 0 Å². The molecule has 3 rings (SSSR count). The molecule has 15 heavy (non-hydrogen) atoms. The fourth-order valence-electron chi connectivity index (χ4n) is 1.85. The van der Waals surface area contributed by atoms with Gasteiger partial charge in [-0.3, -0.25) is 5.32 Å². The zero-order chi connectivity index (χ0) is 10.3. The molecule has 76 valence electrons. The highest BCUT2D eigenvalue weighted by atomic mass is 79.9. The van der Waals surface area contributed by atoms with Crippen molar-refractivity contribution in [3.8, 4) is 11.3 Å².